The number of nitrogens with one attached hydrogen (secondary N) is 1. The van der Waals surface area contributed by atoms with Crippen LogP contribution in [0, 0.1) is 6.92 Å². The summed E-state index contributed by atoms with van der Waals surface area (Å²) in [6.07, 6.45) is 0. The van der Waals surface area contributed by atoms with E-state index in [1.54, 1.807) is 24.5 Å². The molecule has 1 amide bonds. The number of carbonyl (C=O) groups is 1. The van der Waals surface area contributed by atoms with Crippen molar-refractivity contribution in [1.29, 1.82) is 0 Å². The molecule has 2 heterocycles. The Morgan fingerprint density at radius 1 is 1.15 bits per heavy atom. The van der Waals surface area contributed by atoms with Gasteiger partial charge in [0, 0.05) is 18.9 Å². The fraction of sp³-hybridized carbons (Fsp3) is 0.200. The van der Waals surface area contributed by atoms with E-state index in [0.29, 0.717) is 35.9 Å². The van der Waals surface area contributed by atoms with Crippen molar-refractivity contribution in [2.75, 3.05) is 25.6 Å². The van der Waals surface area contributed by atoms with Crippen LogP contribution in [0.1, 0.15) is 16.1 Å². The lowest BCUT2D eigenvalue weighted by Gasteiger charge is -2.10. The molecular formula is C20H20N2O3S. The monoisotopic (exact) mass is 368 g/mol. The Hall–Kier alpha value is -2.70. The molecule has 1 N–H and O–H groups in total. The number of carbonyl (C=O) groups excluding carboxylic acids is 1. The van der Waals surface area contributed by atoms with E-state index in [-0.39, 0.29) is 5.91 Å². The molecule has 5 nitrogen and oxygen atoms in total. The van der Waals surface area contributed by atoms with Gasteiger partial charge in [-0.05, 0) is 42.6 Å². The quantitative estimate of drug-likeness (QED) is 0.628. The van der Waals surface area contributed by atoms with Crippen LogP contribution < -0.4 is 10.1 Å². The number of thiophene rings is 1. The first-order valence-electron chi connectivity index (χ1n) is 8.22. The van der Waals surface area contributed by atoms with Crippen molar-refractivity contribution in [3.63, 3.8) is 0 Å². The molecule has 6 heteroatoms. The van der Waals surface area contributed by atoms with Crippen LogP contribution in [0.5, 0.6) is 5.75 Å². The number of amides is 1. The van der Waals surface area contributed by atoms with Gasteiger partial charge in [0.15, 0.2) is 0 Å². The highest BCUT2D eigenvalue weighted by atomic mass is 32.1. The molecule has 26 heavy (non-hydrogen) atoms. The van der Waals surface area contributed by atoms with Gasteiger partial charge in [-0.2, -0.15) is 0 Å². The molecule has 0 spiro atoms. The molecule has 3 rings (SSSR count). The second-order valence-corrected chi connectivity index (χ2v) is 6.58. The SMILES string of the molecule is COCCOc1cccc(NC(=O)c2ccc(-c3cccs3)nc2C)c1. The van der Waals surface area contributed by atoms with Gasteiger partial charge in [-0.3, -0.25) is 9.78 Å². The van der Waals surface area contributed by atoms with E-state index >= 15 is 0 Å². The minimum atomic E-state index is -0.193. The van der Waals surface area contributed by atoms with Gasteiger partial charge in [-0.25, -0.2) is 0 Å². The van der Waals surface area contributed by atoms with E-state index < -0.39 is 0 Å². The number of anilines is 1. The Bertz CT molecular complexity index is 879. The van der Waals surface area contributed by atoms with Crippen molar-refractivity contribution in [3.05, 3.63) is 65.2 Å². The molecule has 0 bridgehead atoms. The third kappa shape index (κ3) is 4.47. The molecule has 0 fully saturated rings. The number of hydrogen-bond donors (Lipinski definition) is 1. The molecule has 0 aliphatic carbocycles. The van der Waals surface area contributed by atoms with Crippen LogP contribution in [-0.4, -0.2) is 31.2 Å². The number of rotatable bonds is 7. The third-order valence-electron chi connectivity index (χ3n) is 3.75. The topological polar surface area (TPSA) is 60.5 Å². The lowest BCUT2D eigenvalue weighted by Crippen LogP contribution is -2.14. The van der Waals surface area contributed by atoms with Crippen molar-refractivity contribution < 1.29 is 14.3 Å². The predicted molar refractivity (Wildman–Crippen MR) is 104 cm³/mol. The first kappa shape index (κ1) is 18.1. The molecule has 0 saturated heterocycles. The molecule has 2 aromatic heterocycles. The van der Waals surface area contributed by atoms with E-state index in [1.165, 1.54) is 0 Å². The van der Waals surface area contributed by atoms with E-state index in [9.17, 15) is 4.79 Å². The first-order valence-corrected chi connectivity index (χ1v) is 9.10. The number of methoxy groups -OCH3 is 1. The van der Waals surface area contributed by atoms with Crippen LogP contribution in [0.15, 0.2) is 53.9 Å². The maximum absolute atomic E-state index is 12.6. The highest BCUT2D eigenvalue weighted by Gasteiger charge is 2.12. The molecule has 0 atom stereocenters. The maximum atomic E-state index is 12.6. The predicted octanol–water partition coefficient (Wildman–Crippen LogP) is 4.40. The highest BCUT2D eigenvalue weighted by molar-refractivity contribution is 7.13. The van der Waals surface area contributed by atoms with Crippen molar-refractivity contribution in [2.24, 2.45) is 0 Å². The molecule has 3 aromatic rings. The van der Waals surface area contributed by atoms with Gasteiger partial charge in [0.1, 0.15) is 12.4 Å². The average Bonchev–Trinajstić information content (AvgIpc) is 3.17. The lowest BCUT2D eigenvalue weighted by atomic mass is 10.1. The zero-order valence-corrected chi connectivity index (χ0v) is 15.5. The Morgan fingerprint density at radius 3 is 2.77 bits per heavy atom. The van der Waals surface area contributed by atoms with Crippen molar-refractivity contribution in [1.82, 2.24) is 4.98 Å². The van der Waals surface area contributed by atoms with Gasteiger partial charge in [-0.1, -0.05) is 12.1 Å². The third-order valence-corrected chi connectivity index (χ3v) is 4.64. The van der Waals surface area contributed by atoms with Crippen LogP contribution in [-0.2, 0) is 4.74 Å². The summed E-state index contributed by atoms with van der Waals surface area (Å²) in [6.45, 7) is 2.81. The summed E-state index contributed by atoms with van der Waals surface area (Å²) < 4.78 is 10.5. The van der Waals surface area contributed by atoms with Gasteiger partial charge in [0.05, 0.1) is 28.4 Å². The summed E-state index contributed by atoms with van der Waals surface area (Å²) in [5.41, 5.74) is 2.80. The fourth-order valence-corrected chi connectivity index (χ4v) is 3.16. The van der Waals surface area contributed by atoms with Gasteiger partial charge in [0.25, 0.3) is 5.91 Å². The summed E-state index contributed by atoms with van der Waals surface area (Å²) in [5.74, 6) is 0.490. The molecule has 0 radical (unpaired) electrons. The van der Waals surface area contributed by atoms with Gasteiger partial charge in [0.2, 0.25) is 0 Å². The van der Waals surface area contributed by atoms with Crippen LogP contribution in [0.4, 0.5) is 5.69 Å². The van der Waals surface area contributed by atoms with Crippen LogP contribution in [0.25, 0.3) is 10.6 Å². The summed E-state index contributed by atoms with van der Waals surface area (Å²) >= 11 is 1.63. The summed E-state index contributed by atoms with van der Waals surface area (Å²) in [5, 5.41) is 4.91. The number of aromatic nitrogens is 1. The molecule has 1 aromatic carbocycles. The van der Waals surface area contributed by atoms with Crippen LogP contribution in [0.3, 0.4) is 0 Å². The molecule has 134 valence electrons. The van der Waals surface area contributed by atoms with E-state index in [1.807, 2.05) is 54.8 Å². The Kier molecular flexibility index (Phi) is 5.99. The Morgan fingerprint density at radius 2 is 2.04 bits per heavy atom. The molecule has 0 saturated carbocycles. The molecule has 0 aliphatic heterocycles. The Labute approximate surface area is 156 Å². The Balaban J connectivity index is 1.71. The number of aryl methyl sites for hydroxylation is 1. The van der Waals surface area contributed by atoms with Crippen LogP contribution in [0.2, 0.25) is 0 Å². The minimum absolute atomic E-state index is 0.193. The number of benzene rings is 1. The maximum Gasteiger partial charge on any atom is 0.257 e. The zero-order valence-electron chi connectivity index (χ0n) is 14.7. The molecule has 0 aliphatic rings. The highest BCUT2D eigenvalue weighted by Crippen LogP contribution is 2.24. The van der Waals surface area contributed by atoms with Gasteiger partial charge in [-0.15, -0.1) is 11.3 Å². The van der Waals surface area contributed by atoms with Crippen molar-refractivity contribution >= 4 is 22.9 Å². The smallest absolute Gasteiger partial charge is 0.257 e. The second-order valence-electron chi connectivity index (χ2n) is 5.63. The van der Waals surface area contributed by atoms with Gasteiger partial charge < -0.3 is 14.8 Å². The van der Waals surface area contributed by atoms with E-state index in [2.05, 4.69) is 10.3 Å². The average molecular weight is 368 g/mol. The van der Waals surface area contributed by atoms with Crippen molar-refractivity contribution in [3.8, 4) is 16.3 Å². The number of pyridine rings is 1. The normalized spacial score (nSPS) is 10.5. The van der Waals surface area contributed by atoms with Crippen LogP contribution >= 0.6 is 11.3 Å². The number of ether oxygens (including phenoxy) is 2. The minimum Gasteiger partial charge on any atom is -0.491 e. The van der Waals surface area contributed by atoms with Crippen molar-refractivity contribution in [2.45, 2.75) is 6.92 Å². The summed E-state index contributed by atoms with van der Waals surface area (Å²) in [4.78, 5) is 18.2. The fourth-order valence-electron chi connectivity index (χ4n) is 2.47. The standard InChI is InChI=1S/C20H20N2O3S/c1-14-17(8-9-18(21-14)19-7-4-12-26-19)20(23)22-15-5-3-6-16(13-15)25-11-10-24-2/h3-9,12-13H,10-11H2,1-2H3,(H,22,23). The second kappa shape index (κ2) is 8.60. The largest absolute Gasteiger partial charge is 0.491 e. The van der Waals surface area contributed by atoms with Gasteiger partial charge >= 0.3 is 0 Å². The first-order chi connectivity index (χ1) is 12.7. The number of hydrogen-bond acceptors (Lipinski definition) is 5. The zero-order chi connectivity index (χ0) is 18.4. The summed E-state index contributed by atoms with van der Waals surface area (Å²) in [7, 11) is 1.63. The molecule has 0 unspecified atom stereocenters. The lowest BCUT2D eigenvalue weighted by molar-refractivity contribution is 0.102. The van der Waals surface area contributed by atoms with E-state index in [0.717, 1.165) is 10.6 Å². The summed E-state index contributed by atoms with van der Waals surface area (Å²) in [6, 6.07) is 15.0. The van der Waals surface area contributed by atoms with E-state index in [4.69, 9.17) is 9.47 Å². The molecular weight excluding hydrogens is 348 g/mol. The number of nitrogens with zero attached hydrogens (tertiary/aromatic N) is 1.